The van der Waals surface area contributed by atoms with Crippen molar-refractivity contribution < 1.29 is 14.3 Å². The highest BCUT2D eigenvalue weighted by molar-refractivity contribution is 5.89. The number of nitrogens with one attached hydrogen (secondary N) is 1. The van der Waals surface area contributed by atoms with Crippen LogP contribution in [0.3, 0.4) is 0 Å². The fourth-order valence-electron chi connectivity index (χ4n) is 3.14. The molecule has 26 heavy (non-hydrogen) atoms. The number of amides is 1. The van der Waals surface area contributed by atoms with Gasteiger partial charge in [-0.2, -0.15) is 0 Å². The van der Waals surface area contributed by atoms with E-state index in [1.807, 2.05) is 55.9 Å². The first-order chi connectivity index (χ1) is 12.3. The van der Waals surface area contributed by atoms with Gasteiger partial charge in [-0.05, 0) is 30.9 Å². The van der Waals surface area contributed by atoms with Crippen LogP contribution in [-0.4, -0.2) is 35.1 Å². The molecule has 2 atom stereocenters. The average molecular weight is 359 g/mol. The predicted octanol–water partition coefficient (Wildman–Crippen LogP) is 2.14. The lowest BCUT2D eigenvalue weighted by molar-refractivity contribution is -0.147. The Balaban J connectivity index is 2.21. The molecule has 142 valence electrons. The molecular formula is C20H29N3O3. The van der Waals surface area contributed by atoms with Gasteiger partial charge in [-0.25, -0.2) is 4.79 Å². The van der Waals surface area contributed by atoms with E-state index in [1.54, 1.807) is 6.92 Å². The van der Waals surface area contributed by atoms with Crippen LogP contribution in [0.4, 0.5) is 0 Å². The topological polar surface area (TPSA) is 86.3 Å². The van der Waals surface area contributed by atoms with Gasteiger partial charge in [0.15, 0.2) is 0 Å². The van der Waals surface area contributed by atoms with Gasteiger partial charge in [-0.3, -0.25) is 4.79 Å². The van der Waals surface area contributed by atoms with Crippen LogP contribution in [0, 0.1) is 5.92 Å². The summed E-state index contributed by atoms with van der Waals surface area (Å²) in [5.41, 5.74) is 8.02. The van der Waals surface area contributed by atoms with Gasteiger partial charge in [0.1, 0.15) is 6.04 Å². The number of hydrogen-bond acceptors (Lipinski definition) is 4. The molecule has 0 saturated carbocycles. The van der Waals surface area contributed by atoms with Crippen molar-refractivity contribution >= 4 is 22.8 Å². The quantitative estimate of drug-likeness (QED) is 0.707. The largest absolute Gasteiger partial charge is 0.464 e. The Morgan fingerprint density at radius 2 is 1.96 bits per heavy atom. The highest BCUT2D eigenvalue weighted by Crippen LogP contribution is 2.22. The van der Waals surface area contributed by atoms with Crippen molar-refractivity contribution in [3.8, 4) is 0 Å². The molecule has 6 nitrogen and oxygen atoms in total. The molecule has 0 aliphatic rings. The average Bonchev–Trinajstić information content (AvgIpc) is 2.90. The van der Waals surface area contributed by atoms with E-state index in [0.717, 1.165) is 16.5 Å². The number of ether oxygens (including phenoxy) is 1. The predicted molar refractivity (Wildman–Crippen MR) is 103 cm³/mol. The number of esters is 1. The number of carbonyl (C=O) groups excluding carboxylic acids is 2. The van der Waals surface area contributed by atoms with Gasteiger partial charge >= 0.3 is 5.97 Å². The molecule has 2 aromatic rings. The third-order valence-corrected chi connectivity index (χ3v) is 4.35. The van der Waals surface area contributed by atoms with Crippen molar-refractivity contribution in [3.63, 3.8) is 0 Å². The van der Waals surface area contributed by atoms with Gasteiger partial charge < -0.3 is 20.4 Å². The SMILES string of the molecule is CCOC(=O)C(Cc1cn(C)c2ccccc12)NC(=O)C(N)CC(C)C. The molecule has 1 aromatic heterocycles. The summed E-state index contributed by atoms with van der Waals surface area (Å²) in [6.07, 6.45) is 2.91. The number of para-hydroxylation sites is 1. The van der Waals surface area contributed by atoms with Crippen LogP contribution in [0.1, 0.15) is 32.8 Å². The smallest absolute Gasteiger partial charge is 0.328 e. The van der Waals surface area contributed by atoms with Crippen LogP contribution in [0.25, 0.3) is 10.9 Å². The lowest BCUT2D eigenvalue weighted by Crippen LogP contribution is -2.50. The molecule has 0 spiro atoms. The number of benzene rings is 1. The zero-order chi connectivity index (χ0) is 19.3. The van der Waals surface area contributed by atoms with Crippen LogP contribution in [-0.2, 0) is 27.8 Å². The second kappa shape index (κ2) is 8.85. The molecule has 2 unspecified atom stereocenters. The van der Waals surface area contributed by atoms with Crippen molar-refractivity contribution in [1.82, 2.24) is 9.88 Å². The molecule has 1 amide bonds. The molecule has 0 aliphatic carbocycles. The first-order valence-corrected chi connectivity index (χ1v) is 9.09. The van der Waals surface area contributed by atoms with E-state index >= 15 is 0 Å². The molecule has 0 saturated heterocycles. The van der Waals surface area contributed by atoms with Gasteiger partial charge in [0.2, 0.25) is 5.91 Å². The van der Waals surface area contributed by atoms with E-state index in [4.69, 9.17) is 10.5 Å². The van der Waals surface area contributed by atoms with E-state index in [2.05, 4.69) is 5.32 Å². The van der Waals surface area contributed by atoms with E-state index in [0.29, 0.717) is 18.8 Å². The fourth-order valence-corrected chi connectivity index (χ4v) is 3.14. The van der Waals surface area contributed by atoms with Gasteiger partial charge in [0, 0.05) is 30.6 Å². The van der Waals surface area contributed by atoms with Crippen molar-refractivity contribution in [3.05, 3.63) is 36.0 Å². The number of aromatic nitrogens is 1. The van der Waals surface area contributed by atoms with Crippen LogP contribution in [0.5, 0.6) is 0 Å². The summed E-state index contributed by atoms with van der Waals surface area (Å²) in [6.45, 7) is 6.02. The number of nitrogens with two attached hydrogens (primary N) is 1. The minimum absolute atomic E-state index is 0.263. The molecule has 3 N–H and O–H groups in total. The molecule has 0 aliphatic heterocycles. The lowest BCUT2D eigenvalue weighted by Gasteiger charge is -2.20. The van der Waals surface area contributed by atoms with Gasteiger partial charge in [-0.15, -0.1) is 0 Å². The van der Waals surface area contributed by atoms with Gasteiger partial charge in [-0.1, -0.05) is 32.0 Å². The van der Waals surface area contributed by atoms with E-state index in [9.17, 15) is 9.59 Å². The Hall–Kier alpha value is -2.34. The third-order valence-electron chi connectivity index (χ3n) is 4.35. The van der Waals surface area contributed by atoms with Crippen molar-refractivity contribution in [2.45, 2.75) is 45.7 Å². The maximum Gasteiger partial charge on any atom is 0.328 e. The van der Waals surface area contributed by atoms with Crippen LogP contribution in [0.15, 0.2) is 30.5 Å². The van der Waals surface area contributed by atoms with Crippen molar-refractivity contribution in [2.75, 3.05) is 6.61 Å². The number of rotatable bonds is 8. The van der Waals surface area contributed by atoms with Gasteiger partial charge in [0.25, 0.3) is 0 Å². The fraction of sp³-hybridized carbons (Fsp3) is 0.500. The Kier molecular flexibility index (Phi) is 6.80. The molecule has 1 aromatic carbocycles. The van der Waals surface area contributed by atoms with Crippen LogP contribution >= 0.6 is 0 Å². The first-order valence-electron chi connectivity index (χ1n) is 9.09. The van der Waals surface area contributed by atoms with E-state index in [-0.39, 0.29) is 12.5 Å². The maximum atomic E-state index is 12.4. The summed E-state index contributed by atoms with van der Waals surface area (Å²) in [5, 5.41) is 3.84. The Labute approximate surface area is 154 Å². The molecule has 2 rings (SSSR count). The second-order valence-corrected chi connectivity index (χ2v) is 7.04. The monoisotopic (exact) mass is 359 g/mol. The standard InChI is InChI=1S/C20H29N3O3/c1-5-26-20(25)17(22-19(24)16(21)10-13(2)3)11-14-12-23(4)18-9-7-6-8-15(14)18/h6-9,12-13,16-17H,5,10-11,21H2,1-4H3,(H,22,24). The molecule has 0 fully saturated rings. The zero-order valence-corrected chi connectivity index (χ0v) is 16.0. The van der Waals surface area contributed by atoms with Gasteiger partial charge in [0.05, 0.1) is 12.6 Å². The summed E-state index contributed by atoms with van der Waals surface area (Å²) in [6, 6.07) is 6.57. The minimum atomic E-state index is -0.758. The molecule has 0 bridgehead atoms. The second-order valence-electron chi connectivity index (χ2n) is 7.04. The Bertz CT molecular complexity index is 767. The number of nitrogens with zero attached hydrogens (tertiary/aromatic N) is 1. The molecule has 0 radical (unpaired) electrons. The molecular weight excluding hydrogens is 330 g/mol. The van der Waals surface area contributed by atoms with Crippen molar-refractivity contribution in [2.24, 2.45) is 18.7 Å². The molecule has 1 heterocycles. The summed E-state index contributed by atoms with van der Waals surface area (Å²) < 4.78 is 7.17. The Morgan fingerprint density at radius 3 is 2.62 bits per heavy atom. The number of carbonyl (C=O) groups is 2. The van der Waals surface area contributed by atoms with E-state index in [1.165, 1.54) is 0 Å². The number of aryl methyl sites for hydroxylation is 1. The highest BCUT2D eigenvalue weighted by Gasteiger charge is 2.26. The van der Waals surface area contributed by atoms with E-state index < -0.39 is 18.1 Å². The van der Waals surface area contributed by atoms with Crippen LogP contribution < -0.4 is 11.1 Å². The van der Waals surface area contributed by atoms with Crippen LogP contribution in [0.2, 0.25) is 0 Å². The summed E-state index contributed by atoms with van der Waals surface area (Å²) in [5.74, 6) is -0.461. The molecule has 6 heteroatoms. The third kappa shape index (κ3) is 4.85. The maximum absolute atomic E-state index is 12.4. The number of hydrogen-bond donors (Lipinski definition) is 2. The Morgan fingerprint density at radius 1 is 1.27 bits per heavy atom. The zero-order valence-electron chi connectivity index (χ0n) is 16.0. The minimum Gasteiger partial charge on any atom is -0.464 e. The summed E-state index contributed by atoms with van der Waals surface area (Å²) in [4.78, 5) is 24.8. The highest BCUT2D eigenvalue weighted by atomic mass is 16.5. The lowest BCUT2D eigenvalue weighted by atomic mass is 10.0. The normalized spacial score (nSPS) is 13.6. The summed E-state index contributed by atoms with van der Waals surface area (Å²) in [7, 11) is 1.96. The van der Waals surface area contributed by atoms with Crippen molar-refractivity contribution in [1.29, 1.82) is 0 Å². The first kappa shape index (κ1) is 20.0. The number of fused-ring (bicyclic) bond motifs is 1. The summed E-state index contributed by atoms with van der Waals surface area (Å²) >= 11 is 0.